The number of esters is 1. The molecule has 0 amide bonds. The zero-order valence-corrected chi connectivity index (χ0v) is 13.3. The minimum absolute atomic E-state index is 0.329. The number of carbonyl (C=O) groups excluding carboxylic acids is 1. The molecule has 0 saturated carbocycles. The highest BCUT2D eigenvalue weighted by Gasteiger charge is 2.15. The van der Waals surface area contributed by atoms with Crippen LogP contribution >= 0.6 is 0 Å². The second-order valence-electron chi connectivity index (χ2n) is 5.32. The summed E-state index contributed by atoms with van der Waals surface area (Å²) in [5, 5.41) is 0. The molecule has 0 aliphatic rings. The summed E-state index contributed by atoms with van der Waals surface area (Å²) in [7, 11) is 0. The van der Waals surface area contributed by atoms with E-state index in [9.17, 15) is 4.79 Å². The van der Waals surface area contributed by atoms with Crippen molar-refractivity contribution in [2.45, 2.75) is 33.3 Å². The highest BCUT2D eigenvalue weighted by Crippen LogP contribution is 2.23. The average Bonchev–Trinajstić information content (AvgIpc) is 2.54. The molecule has 1 unspecified atom stereocenters. The number of hydrogen-bond donors (Lipinski definition) is 0. The zero-order valence-electron chi connectivity index (χ0n) is 13.3. The third-order valence-corrected chi connectivity index (χ3v) is 3.33. The van der Waals surface area contributed by atoms with Gasteiger partial charge in [-0.05, 0) is 43.5 Å². The summed E-state index contributed by atoms with van der Waals surface area (Å²) in [5.41, 5.74) is 3.52. The number of aryl methyl sites for hydroxylation is 1. The van der Waals surface area contributed by atoms with Gasteiger partial charge in [0.25, 0.3) is 0 Å². The van der Waals surface area contributed by atoms with E-state index in [1.807, 2.05) is 31.2 Å². The summed E-state index contributed by atoms with van der Waals surface area (Å²) in [5.74, 6) is 0.335. The Labute approximate surface area is 131 Å². The average molecular weight is 298 g/mol. The van der Waals surface area contributed by atoms with Gasteiger partial charge in [0.15, 0.2) is 6.10 Å². The molecule has 0 saturated heterocycles. The Morgan fingerprint density at radius 2 is 1.55 bits per heavy atom. The van der Waals surface area contributed by atoms with E-state index < -0.39 is 6.10 Å². The smallest absolute Gasteiger partial charge is 0.347 e. The molecule has 2 rings (SSSR count). The van der Waals surface area contributed by atoms with Crippen molar-refractivity contribution in [1.29, 1.82) is 0 Å². The summed E-state index contributed by atoms with van der Waals surface area (Å²) >= 11 is 0. The molecular weight excluding hydrogens is 276 g/mol. The van der Waals surface area contributed by atoms with E-state index in [0.717, 1.165) is 17.5 Å². The second kappa shape index (κ2) is 7.64. The first-order valence-electron chi connectivity index (χ1n) is 7.60. The fourth-order valence-electron chi connectivity index (χ4n) is 2.04. The number of rotatable bonds is 6. The monoisotopic (exact) mass is 298 g/mol. The second-order valence-corrected chi connectivity index (χ2v) is 5.32. The molecule has 2 aromatic carbocycles. The lowest BCUT2D eigenvalue weighted by Gasteiger charge is -2.14. The first-order valence-corrected chi connectivity index (χ1v) is 7.60. The van der Waals surface area contributed by atoms with E-state index in [-0.39, 0.29) is 5.97 Å². The van der Waals surface area contributed by atoms with Crippen LogP contribution in [0.1, 0.15) is 25.8 Å². The Balaban J connectivity index is 2.00. The Bertz CT molecular complexity index is 600. The third-order valence-electron chi connectivity index (χ3n) is 3.33. The van der Waals surface area contributed by atoms with Gasteiger partial charge in [0.05, 0.1) is 6.61 Å². The fourth-order valence-corrected chi connectivity index (χ4v) is 2.04. The summed E-state index contributed by atoms with van der Waals surface area (Å²) in [6, 6.07) is 16.1. The van der Waals surface area contributed by atoms with Gasteiger partial charge >= 0.3 is 5.97 Å². The largest absolute Gasteiger partial charge is 0.479 e. The Morgan fingerprint density at radius 1 is 1.00 bits per heavy atom. The molecule has 22 heavy (non-hydrogen) atoms. The van der Waals surface area contributed by atoms with Crippen LogP contribution in [0.4, 0.5) is 0 Å². The van der Waals surface area contributed by atoms with Crippen molar-refractivity contribution in [1.82, 2.24) is 0 Å². The van der Waals surface area contributed by atoms with Crippen LogP contribution in [-0.2, 0) is 9.53 Å². The molecule has 116 valence electrons. The van der Waals surface area contributed by atoms with Gasteiger partial charge in [-0.1, -0.05) is 48.9 Å². The lowest BCUT2D eigenvalue weighted by molar-refractivity contribution is -0.151. The van der Waals surface area contributed by atoms with E-state index in [4.69, 9.17) is 9.47 Å². The van der Waals surface area contributed by atoms with Crippen molar-refractivity contribution in [2.24, 2.45) is 0 Å². The van der Waals surface area contributed by atoms with E-state index in [1.165, 1.54) is 5.56 Å². The van der Waals surface area contributed by atoms with Gasteiger partial charge in [0.2, 0.25) is 0 Å². The van der Waals surface area contributed by atoms with Crippen molar-refractivity contribution in [3.05, 3.63) is 54.1 Å². The first kappa shape index (κ1) is 16.1. The van der Waals surface area contributed by atoms with Crippen molar-refractivity contribution in [3.63, 3.8) is 0 Å². The van der Waals surface area contributed by atoms with E-state index in [2.05, 4.69) is 31.2 Å². The number of hydrogen-bond acceptors (Lipinski definition) is 3. The van der Waals surface area contributed by atoms with Crippen LogP contribution in [0.25, 0.3) is 11.1 Å². The Kier molecular flexibility index (Phi) is 5.59. The molecule has 2 aromatic rings. The maximum Gasteiger partial charge on any atom is 0.347 e. The molecule has 0 aromatic heterocycles. The quantitative estimate of drug-likeness (QED) is 0.742. The molecule has 0 spiro atoms. The number of carbonyl (C=O) groups is 1. The Hall–Kier alpha value is -2.29. The van der Waals surface area contributed by atoms with Crippen LogP contribution in [-0.4, -0.2) is 18.7 Å². The molecule has 0 fully saturated rings. The molecule has 0 aliphatic heterocycles. The van der Waals surface area contributed by atoms with Gasteiger partial charge in [0.1, 0.15) is 5.75 Å². The molecule has 0 radical (unpaired) electrons. The van der Waals surface area contributed by atoms with E-state index >= 15 is 0 Å². The highest BCUT2D eigenvalue weighted by molar-refractivity contribution is 5.74. The van der Waals surface area contributed by atoms with Crippen molar-refractivity contribution in [3.8, 4) is 16.9 Å². The van der Waals surface area contributed by atoms with Crippen LogP contribution in [0.2, 0.25) is 0 Å². The number of ether oxygens (including phenoxy) is 2. The number of benzene rings is 2. The zero-order chi connectivity index (χ0) is 15.9. The van der Waals surface area contributed by atoms with Crippen LogP contribution in [0.15, 0.2) is 48.5 Å². The van der Waals surface area contributed by atoms with Crippen LogP contribution in [0.5, 0.6) is 5.75 Å². The van der Waals surface area contributed by atoms with Gasteiger partial charge in [-0.3, -0.25) is 0 Å². The molecule has 3 heteroatoms. The van der Waals surface area contributed by atoms with Gasteiger partial charge in [0, 0.05) is 0 Å². The van der Waals surface area contributed by atoms with Crippen molar-refractivity contribution >= 4 is 5.97 Å². The third kappa shape index (κ3) is 4.35. The molecule has 0 bridgehead atoms. The first-order chi connectivity index (χ1) is 10.6. The van der Waals surface area contributed by atoms with E-state index in [0.29, 0.717) is 12.4 Å². The SMILES string of the molecule is CCCOC(=O)C(C)Oc1ccc(-c2ccc(C)cc2)cc1. The van der Waals surface area contributed by atoms with E-state index in [1.54, 1.807) is 6.92 Å². The summed E-state index contributed by atoms with van der Waals surface area (Å²) in [4.78, 5) is 11.7. The van der Waals surface area contributed by atoms with Crippen molar-refractivity contribution < 1.29 is 14.3 Å². The normalized spacial score (nSPS) is 11.8. The molecule has 0 aliphatic carbocycles. The summed E-state index contributed by atoms with van der Waals surface area (Å²) in [6.07, 6.45) is 0.209. The topological polar surface area (TPSA) is 35.5 Å². The molecule has 0 heterocycles. The maximum absolute atomic E-state index is 11.7. The van der Waals surface area contributed by atoms with Gasteiger partial charge < -0.3 is 9.47 Å². The van der Waals surface area contributed by atoms with Crippen LogP contribution in [0, 0.1) is 6.92 Å². The summed E-state index contributed by atoms with van der Waals surface area (Å²) in [6.45, 7) is 6.16. The molecular formula is C19H22O3. The fraction of sp³-hybridized carbons (Fsp3) is 0.316. The minimum Gasteiger partial charge on any atom is -0.479 e. The van der Waals surface area contributed by atoms with Gasteiger partial charge in [-0.15, -0.1) is 0 Å². The van der Waals surface area contributed by atoms with Crippen LogP contribution < -0.4 is 4.74 Å². The predicted octanol–water partition coefficient (Wildman–Crippen LogP) is 4.38. The van der Waals surface area contributed by atoms with Crippen molar-refractivity contribution in [2.75, 3.05) is 6.61 Å². The van der Waals surface area contributed by atoms with Crippen LogP contribution in [0.3, 0.4) is 0 Å². The maximum atomic E-state index is 11.7. The lowest BCUT2D eigenvalue weighted by atomic mass is 10.0. The van der Waals surface area contributed by atoms with Gasteiger partial charge in [-0.2, -0.15) is 0 Å². The van der Waals surface area contributed by atoms with Gasteiger partial charge in [-0.25, -0.2) is 4.79 Å². The minimum atomic E-state index is -0.600. The summed E-state index contributed by atoms with van der Waals surface area (Å²) < 4.78 is 10.7. The predicted molar refractivity (Wildman–Crippen MR) is 88.0 cm³/mol. The highest BCUT2D eigenvalue weighted by atomic mass is 16.6. The Morgan fingerprint density at radius 3 is 2.09 bits per heavy atom. The molecule has 1 atom stereocenters. The molecule has 3 nitrogen and oxygen atoms in total. The standard InChI is InChI=1S/C19H22O3/c1-4-13-21-19(20)15(3)22-18-11-9-17(10-12-18)16-7-5-14(2)6-8-16/h5-12,15H,4,13H2,1-3H3. The lowest BCUT2D eigenvalue weighted by Crippen LogP contribution is -2.26. The molecule has 0 N–H and O–H groups in total.